The van der Waals surface area contributed by atoms with Crippen molar-refractivity contribution in [3.63, 3.8) is 0 Å². The summed E-state index contributed by atoms with van der Waals surface area (Å²) in [5.74, 6) is 0.651. The van der Waals surface area contributed by atoms with Gasteiger partial charge in [-0.1, -0.05) is 45.0 Å². The Balaban J connectivity index is 2.56. The van der Waals surface area contributed by atoms with Gasteiger partial charge in [0.25, 0.3) is 0 Å². The zero-order valence-electron chi connectivity index (χ0n) is 12.5. The third-order valence-corrected chi connectivity index (χ3v) is 3.45. The molecule has 1 aromatic carbocycles. The van der Waals surface area contributed by atoms with E-state index < -0.39 is 0 Å². The number of hydrogen-bond donors (Lipinski definition) is 1. The molecule has 106 valence electrons. The maximum atomic E-state index is 11.9. The van der Waals surface area contributed by atoms with Crippen molar-refractivity contribution in [3.05, 3.63) is 35.4 Å². The summed E-state index contributed by atoms with van der Waals surface area (Å²) in [6.07, 6.45) is 1.26. The van der Waals surface area contributed by atoms with E-state index in [2.05, 4.69) is 38.1 Å². The molecule has 0 aliphatic rings. The number of carbonyl (C=O) groups is 1. The fourth-order valence-electron chi connectivity index (χ4n) is 1.89. The molecule has 3 heteroatoms. The SMILES string of the molecule is CCC(N)CC(=O)N(C)Cc1ccc(C(C)C)cc1. The molecule has 0 radical (unpaired) electrons. The molecule has 3 nitrogen and oxygen atoms in total. The minimum Gasteiger partial charge on any atom is -0.341 e. The molecule has 0 heterocycles. The number of carbonyl (C=O) groups excluding carboxylic acids is 1. The van der Waals surface area contributed by atoms with Gasteiger partial charge in [-0.25, -0.2) is 0 Å². The Morgan fingerprint density at radius 2 is 1.84 bits per heavy atom. The molecular formula is C16H26N2O. The zero-order valence-corrected chi connectivity index (χ0v) is 12.5. The van der Waals surface area contributed by atoms with Crippen molar-refractivity contribution in [2.24, 2.45) is 5.73 Å². The first-order valence-electron chi connectivity index (χ1n) is 7.02. The Bertz CT molecular complexity index is 398. The predicted octanol–water partition coefficient (Wildman–Crippen LogP) is 2.90. The molecule has 0 aliphatic heterocycles. The van der Waals surface area contributed by atoms with Crippen LogP contribution in [0.15, 0.2) is 24.3 Å². The monoisotopic (exact) mass is 262 g/mol. The van der Waals surface area contributed by atoms with E-state index in [4.69, 9.17) is 5.73 Å². The lowest BCUT2D eigenvalue weighted by Gasteiger charge is -2.19. The molecule has 0 saturated heterocycles. The topological polar surface area (TPSA) is 46.3 Å². The van der Waals surface area contributed by atoms with Gasteiger partial charge < -0.3 is 10.6 Å². The summed E-state index contributed by atoms with van der Waals surface area (Å²) in [5.41, 5.74) is 8.29. The second kappa shape index (κ2) is 7.29. The Morgan fingerprint density at radius 3 is 2.32 bits per heavy atom. The van der Waals surface area contributed by atoms with Gasteiger partial charge in [0, 0.05) is 26.1 Å². The zero-order chi connectivity index (χ0) is 14.4. The summed E-state index contributed by atoms with van der Waals surface area (Å²) < 4.78 is 0. The first-order valence-corrected chi connectivity index (χ1v) is 7.02. The minimum absolute atomic E-state index is 0.0294. The Labute approximate surface area is 116 Å². The van der Waals surface area contributed by atoms with Gasteiger partial charge in [0.05, 0.1) is 0 Å². The van der Waals surface area contributed by atoms with Crippen LogP contribution in [-0.2, 0) is 11.3 Å². The van der Waals surface area contributed by atoms with Gasteiger partial charge in [0.1, 0.15) is 0 Å². The van der Waals surface area contributed by atoms with E-state index in [-0.39, 0.29) is 11.9 Å². The molecule has 1 aromatic rings. The Morgan fingerprint density at radius 1 is 1.26 bits per heavy atom. The summed E-state index contributed by atoms with van der Waals surface area (Å²) >= 11 is 0. The third kappa shape index (κ3) is 5.03. The highest BCUT2D eigenvalue weighted by molar-refractivity contribution is 5.76. The van der Waals surface area contributed by atoms with Crippen molar-refractivity contribution in [3.8, 4) is 0 Å². The van der Waals surface area contributed by atoms with E-state index in [0.29, 0.717) is 18.9 Å². The predicted molar refractivity (Wildman–Crippen MR) is 79.9 cm³/mol. The van der Waals surface area contributed by atoms with Crippen molar-refractivity contribution in [1.82, 2.24) is 4.90 Å². The number of nitrogens with zero attached hydrogens (tertiary/aromatic N) is 1. The van der Waals surface area contributed by atoms with Crippen molar-refractivity contribution >= 4 is 5.91 Å². The van der Waals surface area contributed by atoms with E-state index in [0.717, 1.165) is 12.0 Å². The number of benzene rings is 1. The number of hydrogen-bond acceptors (Lipinski definition) is 2. The van der Waals surface area contributed by atoms with E-state index in [1.807, 2.05) is 14.0 Å². The number of amides is 1. The first kappa shape index (κ1) is 15.7. The fourth-order valence-corrected chi connectivity index (χ4v) is 1.89. The van der Waals surface area contributed by atoms with Gasteiger partial charge >= 0.3 is 0 Å². The molecule has 0 aromatic heterocycles. The highest BCUT2D eigenvalue weighted by Crippen LogP contribution is 2.15. The smallest absolute Gasteiger partial charge is 0.224 e. The van der Waals surface area contributed by atoms with Gasteiger partial charge in [0.15, 0.2) is 0 Å². The van der Waals surface area contributed by atoms with Gasteiger partial charge in [-0.2, -0.15) is 0 Å². The molecular weight excluding hydrogens is 236 g/mol. The van der Waals surface area contributed by atoms with Gasteiger partial charge in [0.2, 0.25) is 5.91 Å². The molecule has 0 spiro atoms. The quantitative estimate of drug-likeness (QED) is 0.857. The standard InChI is InChI=1S/C16H26N2O/c1-5-15(17)10-16(19)18(4)11-13-6-8-14(9-7-13)12(2)3/h6-9,12,15H,5,10-11,17H2,1-4H3. The Hall–Kier alpha value is -1.35. The van der Waals surface area contributed by atoms with Crippen molar-refractivity contribution in [2.75, 3.05) is 7.05 Å². The van der Waals surface area contributed by atoms with Gasteiger partial charge in [-0.05, 0) is 23.5 Å². The lowest BCUT2D eigenvalue weighted by Crippen LogP contribution is -2.32. The fraction of sp³-hybridized carbons (Fsp3) is 0.562. The molecule has 0 bridgehead atoms. The summed E-state index contributed by atoms with van der Waals surface area (Å²) in [6.45, 7) is 7.00. The normalized spacial score (nSPS) is 12.5. The summed E-state index contributed by atoms with van der Waals surface area (Å²) in [5, 5.41) is 0. The van der Waals surface area contributed by atoms with Crippen LogP contribution in [0.1, 0.15) is 50.7 Å². The Kier molecular flexibility index (Phi) is 6.03. The van der Waals surface area contributed by atoms with Crippen LogP contribution in [0, 0.1) is 0 Å². The van der Waals surface area contributed by atoms with E-state index >= 15 is 0 Å². The molecule has 19 heavy (non-hydrogen) atoms. The first-order chi connectivity index (χ1) is 8.93. The minimum atomic E-state index is -0.0294. The van der Waals surface area contributed by atoms with Gasteiger partial charge in [-0.15, -0.1) is 0 Å². The van der Waals surface area contributed by atoms with Gasteiger partial charge in [-0.3, -0.25) is 4.79 Å². The molecule has 1 rings (SSSR count). The van der Waals surface area contributed by atoms with Crippen LogP contribution in [0.25, 0.3) is 0 Å². The highest BCUT2D eigenvalue weighted by Gasteiger charge is 2.12. The van der Waals surface area contributed by atoms with Crippen LogP contribution in [0.4, 0.5) is 0 Å². The lowest BCUT2D eigenvalue weighted by molar-refractivity contribution is -0.130. The van der Waals surface area contributed by atoms with Crippen molar-refractivity contribution < 1.29 is 4.79 Å². The second-order valence-corrected chi connectivity index (χ2v) is 5.52. The molecule has 1 atom stereocenters. The molecule has 1 unspecified atom stereocenters. The van der Waals surface area contributed by atoms with Crippen molar-refractivity contribution in [1.29, 1.82) is 0 Å². The largest absolute Gasteiger partial charge is 0.341 e. The second-order valence-electron chi connectivity index (χ2n) is 5.52. The van der Waals surface area contributed by atoms with Crippen LogP contribution in [-0.4, -0.2) is 23.9 Å². The summed E-state index contributed by atoms with van der Waals surface area (Å²) in [4.78, 5) is 13.7. The molecule has 0 aliphatic carbocycles. The lowest BCUT2D eigenvalue weighted by atomic mass is 10.0. The third-order valence-electron chi connectivity index (χ3n) is 3.45. The maximum absolute atomic E-state index is 11.9. The average molecular weight is 262 g/mol. The molecule has 0 fully saturated rings. The van der Waals surface area contributed by atoms with Crippen LogP contribution >= 0.6 is 0 Å². The van der Waals surface area contributed by atoms with E-state index in [9.17, 15) is 4.79 Å². The highest BCUT2D eigenvalue weighted by atomic mass is 16.2. The number of rotatable bonds is 6. The summed E-state index contributed by atoms with van der Waals surface area (Å²) in [6, 6.07) is 8.43. The van der Waals surface area contributed by atoms with Crippen LogP contribution in [0.3, 0.4) is 0 Å². The van der Waals surface area contributed by atoms with Crippen molar-refractivity contribution in [2.45, 2.75) is 52.1 Å². The maximum Gasteiger partial charge on any atom is 0.224 e. The molecule has 0 saturated carbocycles. The van der Waals surface area contributed by atoms with E-state index in [1.165, 1.54) is 5.56 Å². The van der Waals surface area contributed by atoms with Crippen LogP contribution < -0.4 is 5.73 Å². The molecule has 2 N–H and O–H groups in total. The molecule has 1 amide bonds. The van der Waals surface area contributed by atoms with E-state index in [1.54, 1.807) is 4.90 Å². The average Bonchev–Trinajstić information content (AvgIpc) is 2.38. The van der Waals surface area contributed by atoms with Crippen LogP contribution in [0.2, 0.25) is 0 Å². The van der Waals surface area contributed by atoms with Crippen LogP contribution in [0.5, 0.6) is 0 Å². The number of nitrogens with two attached hydrogens (primary N) is 1. The summed E-state index contributed by atoms with van der Waals surface area (Å²) in [7, 11) is 1.83.